The van der Waals surface area contributed by atoms with Crippen molar-refractivity contribution in [1.82, 2.24) is 0 Å². The number of Topliss-reactive ketones (excluding diaryl/α,β-unsaturated/α-hetero) is 1. The molecule has 0 heterocycles. The van der Waals surface area contributed by atoms with E-state index in [-0.39, 0.29) is 5.78 Å². The average molecular weight is 283 g/mol. The van der Waals surface area contributed by atoms with Crippen molar-refractivity contribution in [3.63, 3.8) is 0 Å². The summed E-state index contributed by atoms with van der Waals surface area (Å²) in [7, 11) is 1.59. The Labute approximate surface area is 126 Å². The highest BCUT2D eigenvalue weighted by Gasteiger charge is 2.18. The van der Waals surface area contributed by atoms with E-state index in [0.29, 0.717) is 11.3 Å². The van der Waals surface area contributed by atoms with Crippen molar-refractivity contribution in [3.8, 4) is 5.75 Å². The first-order valence-electron chi connectivity index (χ1n) is 7.10. The summed E-state index contributed by atoms with van der Waals surface area (Å²) in [6.45, 7) is 6.48. The van der Waals surface area contributed by atoms with Crippen molar-refractivity contribution in [3.05, 3.63) is 53.6 Å². The molecular weight excluding hydrogens is 262 g/mol. The van der Waals surface area contributed by atoms with Gasteiger partial charge in [-0.2, -0.15) is 0 Å². The molecule has 0 aliphatic heterocycles. The van der Waals surface area contributed by atoms with E-state index < -0.39 is 0 Å². The second kappa shape index (κ2) is 6.44. The van der Waals surface area contributed by atoms with Crippen molar-refractivity contribution >= 4 is 17.2 Å². The first-order chi connectivity index (χ1) is 10.1. The van der Waals surface area contributed by atoms with Crippen molar-refractivity contribution < 1.29 is 9.53 Å². The van der Waals surface area contributed by atoms with Crippen LogP contribution in [0, 0.1) is 6.92 Å². The predicted molar refractivity (Wildman–Crippen MR) is 86.9 cm³/mol. The van der Waals surface area contributed by atoms with E-state index >= 15 is 0 Å². The fraction of sp³-hybridized carbons (Fsp3) is 0.278. The van der Waals surface area contributed by atoms with E-state index in [2.05, 4.69) is 43.0 Å². The number of anilines is 2. The topological polar surface area (TPSA) is 29.5 Å². The molecule has 3 heteroatoms. The normalized spacial score (nSPS) is 10.3. The number of carbonyl (C=O) groups is 1. The monoisotopic (exact) mass is 283 g/mol. The molecule has 3 nitrogen and oxygen atoms in total. The number of hydrogen-bond donors (Lipinski definition) is 0. The maximum atomic E-state index is 12.0. The summed E-state index contributed by atoms with van der Waals surface area (Å²) in [5.74, 6) is 0.624. The van der Waals surface area contributed by atoms with E-state index in [1.165, 1.54) is 5.56 Å². The number of ether oxygens (including phenoxy) is 1. The van der Waals surface area contributed by atoms with Gasteiger partial charge in [0.2, 0.25) is 0 Å². The Bertz CT molecular complexity index is 632. The van der Waals surface area contributed by atoms with Gasteiger partial charge in [0.25, 0.3) is 0 Å². The van der Waals surface area contributed by atoms with Gasteiger partial charge >= 0.3 is 0 Å². The molecule has 0 saturated heterocycles. The van der Waals surface area contributed by atoms with Crippen LogP contribution < -0.4 is 9.64 Å². The molecule has 0 spiro atoms. The van der Waals surface area contributed by atoms with Crippen LogP contribution in [0.5, 0.6) is 5.75 Å². The van der Waals surface area contributed by atoms with Crippen LogP contribution in [0.2, 0.25) is 0 Å². The molecule has 110 valence electrons. The van der Waals surface area contributed by atoms with E-state index in [1.54, 1.807) is 14.0 Å². The molecular formula is C18H21NO2. The molecule has 0 N–H and O–H groups in total. The summed E-state index contributed by atoms with van der Waals surface area (Å²) in [6, 6.07) is 14.0. The zero-order valence-corrected chi connectivity index (χ0v) is 13.0. The van der Waals surface area contributed by atoms with E-state index in [9.17, 15) is 4.79 Å². The number of aryl methyl sites for hydroxylation is 1. The summed E-state index contributed by atoms with van der Waals surface area (Å²) in [5, 5.41) is 0. The minimum Gasteiger partial charge on any atom is -0.496 e. The Morgan fingerprint density at radius 3 is 2.33 bits per heavy atom. The summed E-state index contributed by atoms with van der Waals surface area (Å²) in [5.41, 5.74) is 3.79. The zero-order valence-electron chi connectivity index (χ0n) is 13.0. The summed E-state index contributed by atoms with van der Waals surface area (Å²) >= 11 is 0. The maximum Gasteiger partial charge on any atom is 0.165 e. The number of benzene rings is 2. The molecule has 0 atom stereocenters. The van der Waals surface area contributed by atoms with Gasteiger partial charge in [-0.1, -0.05) is 23.8 Å². The second-order valence-electron chi connectivity index (χ2n) is 4.99. The average Bonchev–Trinajstić information content (AvgIpc) is 2.49. The Morgan fingerprint density at radius 2 is 1.81 bits per heavy atom. The predicted octanol–water partition coefficient (Wildman–Crippen LogP) is 4.36. The number of carbonyl (C=O) groups excluding carboxylic acids is 1. The van der Waals surface area contributed by atoms with Gasteiger partial charge in [0, 0.05) is 12.2 Å². The third kappa shape index (κ3) is 3.07. The number of rotatable bonds is 5. The molecule has 0 aliphatic rings. The molecule has 2 aromatic rings. The Morgan fingerprint density at radius 1 is 1.14 bits per heavy atom. The minimum absolute atomic E-state index is 0.00742. The molecule has 0 aromatic heterocycles. The fourth-order valence-electron chi connectivity index (χ4n) is 2.49. The molecule has 0 fully saturated rings. The lowest BCUT2D eigenvalue weighted by atomic mass is 10.1. The molecule has 0 aliphatic carbocycles. The Balaban J connectivity index is 2.57. The van der Waals surface area contributed by atoms with Gasteiger partial charge in [0.05, 0.1) is 18.4 Å². The molecule has 0 amide bonds. The van der Waals surface area contributed by atoms with Gasteiger partial charge in [0.1, 0.15) is 5.75 Å². The smallest absolute Gasteiger partial charge is 0.165 e. The Hall–Kier alpha value is -2.29. The minimum atomic E-state index is 0.00742. The van der Waals surface area contributed by atoms with Crippen molar-refractivity contribution in [2.75, 3.05) is 18.6 Å². The first kappa shape index (κ1) is 15.1. The quantitative estimate of drug-likeness (QED) is 0.763. The highest BCUT2D eigenvalue weighted by atomic mass is 16.5. The molecule has 2 rings (SSSR count). The Kier molecular flexibility index (Phi) is 4.63. The van der Waals surface area contributed by atoms with Gasteiger partial charge < -0.3 is 9.64 Å². The van der Waals surface area contributed by atoms with Crippen LogP contribution in [-0.4, -0.2) is 19.4 Å². The largest absolute Gasteiger partial charge is 0.496 e. The second-order valence-corrected chi connectivity index (χ2v) is 4.99. The zero-order chi connectivity index (χ0) is 15.4. The van der Waals surface area contributed by atoms with Gasteiger partial charge in [-0.05, 0) is 45.0 Å². The van der Waals surface area contributed by atoms with Crippen LogP contribution in [0.1, 0.15) is 29.8 Å². The van der Waals surface area contributed by atoms with Crippen LogP contribution in [0.4, 0.5) is 11.4 Å². The highest BCUT2D eigenvalue weighted by molar-refractivity contribution is 6.03. The SMILES string of the molecule is CCN(c1ccc(C)cc1)c1cccc(OC)c1C(C)=O. The van der Waals surface area contributed by atoms with Gasteiger partial charge in [-0.25, -0.2) is 0 Å². The van der Waals surface area contributed by atoms with E-state index in [4.69, 9.17) is 4.74 Å². The summed E-state index contributed by atoms with van der Waals surface area (Å²) in [4.78, 5) is 14.2. The molecule has 2 aromatic carbocycles. The van der Waals surface area contributed by atoms with E-state index in [0.717, 1.165) is 17.9 Å². The van der Waals surface area contributed by atoms with Crippen LogP contribution in [0.25, 0.3) is 0 Å². The van der Waals surface area contributed by atoms with Gasteiger partial charge in [0.15, 0.2) is 5.78 Å². The molecule has 0 bridgehead atoms. The maximum absolute atomic E-state index is 12.0. The van der Waals surface area contributed by atoms with Crippen molar-refractivity contribution in [2.45, 2.75) is 20.8 Å². The lowest BCUT2D eigenvalue weighted by Gasteiger charge is -2.26. The third-order valence-electron chi connectivity index (χ3n) is 3.53. The number of nitrogens with zero attached hydrogens (tertiary/aromatic N) is 1. The lowest BCUT2D eigenvalue weighted by molar-refractivity contribution is 0.101. The molecule has 0 saturated carbocycles. The molecule has 0 radical (unpaired) electrons. The number of ketones is 1. The van der Waals surface area contributed by atoms with Crippen molar-refractivity contribution in [1.29, 1.82) is 0 Å². The van der Waals surface area contributed by atoms with E-state index in [1.807, 2.05) is 18.2 Å². The number of hydrogen-bond acceptors (Lipinski definition) is 3. The molecule has 0 unspecified atom stereocenters. The van der Waals surface area contributed by atoms with Gasteiger partial charge in [-0.3, -0.25) is 4.79 Å². The third-order valence-corrected chi connectivity index (χ3v) is 3.53. The summed E-state index contributed by atoms with van der Waals surface area (Å²) in [6.07, 6.45) is 0. The fourth-order valence-corrected chi connectivity index (χ4v) is 2.49. The van der Waals surface area contributed by atoms with Crippen LogP contribution in [0.3, 0.4) is 0 Å². The van der Waals surface area contributed by atoms with Crippen molar-refractivity contribution in [2.24, 2.45) is 0 Å². The van der Waals surface area contributed by atoms with Crippen LogP contribution in [-0.2, 0) is 0 Å². The van der Waals surface area contributed by atoms with Crippen LogP contribution >= 0.6 is 0 Å². The summed E-state index contributed by atoms with van der Waals surface area (Å²) < 4.78 is 5.35. The van der Waals surface area contributed by atoms with Crippen LogP contribution in [0.15, 0.2) is 42.5 Å². The number of methoxy groups -OCH3 is 1. The van der Waals surface area contributed by atoms with Gasteiger partial charge in [-0.15, -0.1) is 0 Å². The standard InChI is InChI=1S/C18H21NO2/c1-5-19(15-11-9-13(2)10-12-15)16-7-6-8-17(21-4)18(16)14(3)20/h6-12H,5H2,1-4H3. The lowest BCUT2D eigenvalue weighted by Crippen LogP contribution is -2.19. The first-order valence-corrected chi connectivity index (χ1v) is 7.10. The highest BCUT2D eigenvalue weighted by Crippen LogP contribution is 2.34. The molecule has 21 heavy (non-hydrogen) atoms.